The summed E-state index contributed by atoms with van der Waals surface area (Å²) in [7, 11) is 0. The molecule has 28 heavy (non-hydrogen) atoms. The Kier molecular flexibility index (Phi) is 5.75. The van der Waals surface area contributed by atoms with Crippen LogP contribution in [0.15, 0.2) is 47.0 Å². The third-order valence-electron chi connectivity index (χ3n) is 4.01. The minimum Gasteiger partial charge on any atom is -0.360 e. The molecule has 3 aromatic rings. The van der Waals surface area contributed by atoms with Crippen LogP contribution in [0.1, 0.15) is 29.5 Å². The maximum Gasteiger partial charge on any atom is 0.261 e. The molecule has 2 amide bonds. The van der Waals surface area contributed by atoms with E-state index in [4.69, 9.17) is 16.1 Å². The van der Waals surface area contributed by atoms with Gasteiger partial charge in [0.15, 0.2) is 0 Å². The van der Waals surface area contributed by atoms with E-state index >= 15 is 0 Å². The van der Waals surface area contributed by atoms with Crippen molar-refractivity contribution < 1.29 is 18.5 Å². The second-order valence-corrected chi connectivity index (χ2v) is 6.40. The Labute approximate surface area is 165 Å². The van der Waals surface area contributed by atoms with Crippen molar-refractivity contribution in [1.29, 1.82) is 0 Å². The fourth-order valence-electron chi connectivity index (χ4n) is 2.65. The van der Waals surface area contributed by atoms with Crippen LogP contribution in [0.25, 0.3) is 11.3 Å². The molecule has 6 nitrogen and oxygen atoms in total. The van der Waals surface area contributed by atoms with E-state index in [0.717, 1.165) is 0 Å². The van der Waals surface area contributed by atoms with Crippen molar-refractivity contribution in [3.8, 4) is 11.3 Å². The second-order valence-electron chi connectivity index (χ2n) is 6.00. The lowest BCUT2D eigenvalue weighted by atomic mass is 10.0. The average Bonchev–Trinajstić information content (AvgIpc) is 3.03. The molecule has 0 atom stereocenters. The highest BCUT2D eigenvalue weighted by atomic mass is 35.5. The van der Waals surface area contributed by atoms with Crippen LogP contribution >= 0.6 is 11.6 Å². The van der Waals surface area contributed by atoms with Crippen LogP contribution in [0.4, 0.5) is 15.8 Å². The predicted octanol–water partition coefficient (Wildman–Crippen LogP) is 5.04. The zero-order chi connectivity index (χ0) is 20.3. The molecule has 0 spiro atoms. The Morgan fingerprint density at radius 2 is 1.82 bits per heavy atom. The number of nitrogens with one attached hydrogen (secondary N) is 2. The standard InChI is InChI=1S/C20H17ClFN3O3/c1-3-16(26)23-12-6-4-7-13(10-12)24-20(27)17-11(2)28-25-19(17)18-14(21)8-5-9-15(18)22/h4-10H,3H2,1-2H3,(H,23,26)(H,24,27). The first-order chi connectivity index (χ1) is 13.4. The van der Waals surface area contributed by atoms with E-state index in [0.29, 0.717) is 17.8 Å². The van der Waals surface area contributed by atoms with Gasteiger partial charge in [0.25, 0.3) is 5.91 Å². The highest BCUT2D eigenvalue weighted by Gasteiger charge is 2.25. The SMILES string of the molecule is CCC(=O)Nc1cccc(NC(=O)c2c(-c3c(F)cccc3Cl)noc2C)c1. The van der Waals surface area contributed by atoms with E-state index in [-0.39, 0.29) is 33.5 Å². The van der Waals surface area contributed by atoms with Gasteiger partial charge in [-0.25, -0.2) is 4.39 Å². The van der Waals surface area contributed by atoms with E-state index in [9.17, 15) is 14.0 Å². The summed E-state index contributed by atoms with van der Waals surface area (Å²) in [6, 6.07) is 10.9. The van der Waals surface area contributed by atoms with E-state index < -0.39 is 11.7 Å². The third kappa shape index (κ3) is 4.04. The molecule has 0 aliphatic rings. The van der Waals surface area contributed by atoms with Gasteiger partial charge in [-0.3, -0.25) is 9.59 Å². The van der Waals surface area contributed by atoms with Crippen molar-refractivity contribution in [2.75, 3.05) is 10.6 Å². The van der Waals surface area contributed by atoms with Gasteiger partial charge in [-0.2, -0.15) is 0 Å². The number of aryl methyl sites for hydroxylation is 1. The maximum atomic E-state index is 14.3. The molecule has 3 rings (SSSR count). The van der Waals surface area contributed by atoms with Gasteiger partial charge in [0.2, 0.25) is 5.91 Å². The lowest BCUT2D eigenvalue weighted by Gasteiger charge is -2.09. The molecule has 0 radical (unpaired) electrons. The van der Waals surface area contributed by atoms with E-state index in [1.165, 1.54) is 18.2 Å². The third-order valence-corrected chi connectivity index (χ3v) is 4.33. The normalized spacial score (nSPS) is 10.6. The van der Waals surface area contributed by atoms with Gasteiger partial charge in [0, 0.05) is 17.8 Å². The van der Waals surface area contributed by atoms with Crippen LogP contribution in [-0.4, -0.2) is 17.0 Å². The lowest BCUT2D eigenvalue weighted by Crippen LogP contribution is -2.14. The molecule has 1 aromatic heterocycles. The summed E-state index contributed by atoms with van der Waals surface area (Å²) in [5.74, 6) is -1.07. The van der Waals surface area contributed by atoms with E-state index in [1.54, 1.807) is 38.1 Å². The molecule has 0 saturated carbocycles. The monoisotopic (exact) mass is 401 g/mol. The Balaban J connectivity index is 1.92. The lowest BCUT2D eigenvalue weighted by molar-refractivity contribution is -0.115. The van der Waals surface area contributed by atoms with Crippen LogP contribution in [0.5, 0.6) is 0 Å². The second kappa shape index (κ2) is 8.22. The minimum atomic E-state index is -0.612. The van der Waals surface area contributed by atoms with Crippen LogP contribution in [0.3, 0.4) is 0 Å². The highest BCUT2D eigenvalue weighted by molar-refractivity contribution is 6.33. The van der Waals surface area contributed by atoms with Crippen LogP contribution in [0.2, 0.25) is 5.02 Å². The van der Waals surface area contributed by atoms with Crippen LogP contribution in [0, 0.1) is 12.7 Å². The summed E-state index contributed by atoms with van der Waals surface area (Å²) in [6.07, 6.45) is 0.337. The molecule has 8 heteroatoms. The molecule has 0 fully saturated rings. The summed E-state index contributed by atoms with van der Waals surface area (Å²) in [5, 5.41) is 9.36. The fraction of sp³-hybridized carbons (Fsp3) is 0.150. The van der Waals surface area contributed by atoms with Crippen molar-refractivity contribution in [2.45, 2.75) is 20.3 Å². The topological polar surface area (TPSA) is 84.2 Å². The number of aromatic nitrogens is 1. The van der Waals surface area contributed by atoms with Gasteiger partial charge in [-0.1, -0.05) is 35.8 Å². The summed E-state index contributed by atoms with van der Waals surface area (Å²) in [6.45, 7) is 3.29. The first-order valence-electron chi connectivity index (χ1n) is 8.52. The minimum absolute atomic E-state index is 0.00451. The summed E-state index contributed by atoms with van der Waals surface area (Å²) in [4.78, 5) is 24.4. The van der Waals surface area contributed by atoms with Crippen LogP contribution in [-0.2, 0) is 4.79 Å². The Bertz CT molecular complexity index is 1030. The Hall–Kier alpha value is -3.19. The van der Waals surface area contributed by atoms with Gasteiger partial charge in [-0.05, 0) is 37.3 Å². The predicted molar refractivity (Wildman–Crippen MR) is 105 cm³/mol. The van der Waals surface area contributed by atoms with Crippen molar-refractivity contribution >= 4 is 34.8 Å². The van der Waals surface area contributed by atoms with E-state index in [2.05, 4.69) is 15.8 Å². The molecule has 2 aromatic carbocycles. The molecule has 144 valence electrons. The highest BCUT2D eigenvalue weighted by Crippen LogP contribution is 2.33. The van der Waals surface area contributed by atoms with Crippen molar-refractivity contribution in [2.24, 2.45) is 0 Å². The van der Waals surface area contributed by atoms with Gasteiger partial charge in [0.05, 0.1) is 10.6 Å². The number of rotatable bonds is 5. The molecular weight excluding hydrogens is 385 g/mol. The van der Waals surface area contributed by atoms with Gasteiger partial charge in [0.1, 0.15) is 22.8 Å². The molecule has 0 aliphatic heterocycles. The van der Waals surface area contributed by atoms with Crippen molar-refractivity contribution in [1.82, 2.24) is 5.16 Å². The number of hydrogen-bond donors (Lipinski definition) is 2. The molecule has 2 N–H and O–H groups in total. The van der Waals surface area contributed by atoms with Gasteiger partial charge in [-0.15, -0.1) is 0 Å². The van der Waals surface area contributed by atoms with Crippen molar-refractivity contribution in [3.63, 3.8) is 0 Å². The summed E-state index contributed by atoms with van der Waals surface area (Å²) < 4.78 is 19.4. The molecular formula is C20H17ClFN3O3. The Morgan fingerprint density at radius 3 is 2.50 bits per heavy atom. The average molecular weight is 402 g/mol. The summed E-state index contributed by atoms with van der Waals surface area (Å²) >= 11 is 6.10. The molecule has 0 aliphatic carbocycles. The number of amides is 2. The zero-order valence-corrected chi connectivity index (χ0v) is 15.9. The number of carbonyl (C=O) groups is 2. The van der Waals surface area contributed by atoms with Gasteiger partial charge < -0.3 is 15.2 Å². The first kappa shape index (κ1) is 19.6. The first-order valence-corrected chi connectivity index (χ1v) is 8.90. The molecule has 0 unspecified atom stereocenters. The number of nitrogens with zero attached hydrogens (tertiary/aromatic N) is 1. The number of hydrogen-bond acceptors (Lipinski definition) is 4. The quantitative estimate of drug-likeness (QED) is 0.627. The number of benzene rings is 2. The van der Waals surface area contributed by atoms with Crippen LogP contribution < -0.4 is 10.6 Å². The molecule has 0 bridgehead atoms. The zero-order valence-electron chi connectivity index (χ0n) is 15.2. The molecule has 0 saturated heterocycles. The van der Waals surface area contributed by atoms with E-state index in [1.807, 2.05) is 0 Å². The largest absolute Gasteiger partial charge is 0.360 e. The molecule has 1 heterocycles. The summed E-state index contributed by atoms with van der Waals surface area (Å²) in [5.41, 5.74) is 1.09. The number of anilines is 2. The number of carbonyl (C=O) groups excluding carboxylic acids is 2. The smallest absolute Gasteiger partial charge is 0.261 e. The number of halogens is 2. The fourth-order valence-corrected chi connectivity index (χ4v) is 2.90. The Morgan fingerprint density at radius 1 is 1.14 bits per heavy atom. The van der Waals surface area contributed by atoms with Gasteiger partial charge >= 0.3 is 0 Å². The van der Waals surface area contributed by atoms with Crippen molar-refractivity contribution in [3.05, 3.63) is 64.6 Å². The maximum absolute atomic E-state index is 14.3.